The summed E-state index contributed by atoms with van der Waals surface area (Å²) < 4.78 is 6.09. The SMILES string of the molecule is CN=C(NCC1CC1)NCC1CCCOC1c1ccc(C)cc1. The highest BCUT2D eigenvalue weighted by molar-refractivity contribution is 5.79. The number of nitrogens with one attached hydrogen (secondary N) is 2. The van der Waals surface area contributed by atoms with Crippen LogP contribution in [0.3, 0.4) is 0 Å². The Kier molecular flexibility index (Phi) is 5.55. The van der Waals surface area contributed by atoms with Crippen molar-refractivity contribution in [3.05, 3.63) is 35.4 Å². The van der Waals surface area contributed by atoms with Gasteiger partial charge in [-0.1, -0.05) is 29.8 Å². The Morgan fingerprint density at radius 3 is 2.57 bits per heavy atom. The van der Waals surface area contributed by atoms with Gasteiger partial charge in [-0.15, -0.1) is 0 Å². The minimum Gasteiger partial charge on any atom is -0.373 e. The summed E-state index contributed by atoms with van der Waals surface area (Å²) in [6, 6.07) is 8.76. The third kappa shape index (κ3) is 4.71. The number of hydrogen-bond acceptors (Lipinski definition) is 2. The number of hydrogen-bond donors (Lipinski definition) is 2. The van der Waals surface area contributed by atoms with Crippen molar-refractivity contribution in [3.8, 4) is 0 Å². The summed E-state index contributed by atoms with van der Waals surface area (Å²) in [4.78, 5) is 4.34. The predicted molar refractivity (Wildman–Crippen MR) is 94.7 cm³/mol. The van der Waals surface area contributed by atoms with Crippen molar-refractivity contribution in [1.82, 2.24) is 10.6 Å². The summed E-state index contributed by atoms with van der Waals surface area (Å²) in [7, 11) is 1.84. The normalized spacial score (nSPS) is 25.2. The summed E-state index contributed by atoms with van der Waals surface area (Å²) in [6.45, 7) is 4.94. The summed E-state index contributed by atoms with van der Waals surface area (Å²) in [6.07, 6.45) is 5.25. The van der Waals surface area contributed by atoms with E-state index in [1.807, 2.05) is 7.05 Å². The van der Waals surface area contributed by atoms with Crippen molar-refractivity contribution >= 4 is 5.96 Å². The molecule has 4 heteroatoms. The van der Waals surface area contributed by atoms with Crippen LogP contribution in [-0.4, -0.2) is 32.7 Å². The number of rotatable bonds is 5. The van der Waals surface area contributed by atoms with Gasteiger partial charge < -0.3 is 15.4 Å². The molecule has 0 bridgehead atoms. The van der Waals surface area contributed by atoms with E-state index in [1.54, 1.807) is 0 Å². The molecule has 3 rings (SSSR count). The highest BCUT2D eigenvalue weighted by atomic mass is 16.5. The zero-order valence-corrected chi connectivity index (χ0v) is 14.3. The molecule has 2 fully saturated rings. The molecule has 1 aliphatic carbocycles. The van der Waals surface area contributed by atoms with E-state index in [4.69, 9.17) is 4.74 Å². The van der Waals surface area contributed by atoms with Gasteiger partial charge in [-0.3, -0.25) is 4.99 Å². The lowest BCUT2D eigenvalue weighted by molar-refractivity contribution is -0.0265. The second-order valence-corrected chi connectivity index (χ2v) is 6.88. The number of guanidine groups is 1. The van der Waals surface area contributed by atoms with Crippen molar-refractivity contribution in [3.63, 3.8) is 0 Å². The lowest BCUT2D eigenvalue weighted by atomic mass is 9.89. The first-order chi connectivity index (χ1) is 11.3. The second kappa shape index (κ2) is 7.82. The largest absolute Gasteiger partial charge is 0.373 e. The molecule has 1 saturated heterocycles. The van der Waals surface area contributed by atoms with Crippen molar-refractivity contribution in [2.45, 2.75) is 38.7 Å². The zero-order valence-electron chi connectivity index (χ0n) is 14.3. The number of benzene rings is 1. The van der Waals surface area contributed by atoms with Crippen LogP contribution in [0, 0.1) is 18.8 Å². The quantitative estimate of drug-likeness (QED) is 0.648. The van der Waals surface area contributed by atoms with Crippen molar-refractivity contribution in [2.75, 3.05) is 26.7 Å². The second-order valence-electron chi connectivity index (χ2n) is 6.88. The van der Waals surface area contributed by atoms with E-state index in [-0.39, 0.29) is 6.10 Å². The molecule has 4 nitrogen and oxygen atoms in total. The fourth-order valence-corrected chi connectivity index (χ4v) is 3.19. The van der Waals surface area contributed by atoms with Crippen molar-refractivity contribution < 1.29 is 4.74 Å². The first-order valence-electron chi connectivity index (χ1n) is 8.89. The van der Waals surface area contributed by atoms with E-state index in [0.717, 1.165) is 38.0 Å². The molecule has 2 N–H and O–H groups in total. The molecule has 0 spiro atoms. The van der Waals surface area contributed by atoms with E-state index in [9.17, 15) is 0 Å². The minimum atomic E-state index is 0.193. The Morgan fingerprint density at radius 2 is 1.87 bits per heavy atom. The van der Waals surface area contributed by atoms with Crippen LogP contribution in [0.4, 0.5) is 0 Å². The predicted octanol–water partition coefficient (Wildman–Crippen LogP) is 3.04. The van der Waals surface area contributed by atoms with Crippen molar-refractivity contribution in [1.29, 1.82) is 0 Å². The fraction of sp³-hybridized carbons (Fsp3) is 0.632. The molecule has 0 amide bonds. The Hall–Kier alpha value is -1.55. The molecular weight excluding hydrogens is 286 g/mol. The van der Waals surface area contributed by atoms with Gasteiger partial charge in [0.2, 0.25) is 0 Å². The molecule has 23 heavy (non-hydrogen) atoms. The maximum Gasteiger partial charge on any atom is 0.190 e. The molecule has 1 aromatic carbocycles. The Morgan fingerprint density at radius 1 is 1.13 bits per heavy atom. The monoisotopic (exact) mass is 315 g/mol. The average Bonchev–Trinajstić information content (AvgIpc) is 3.40. The third-order valence-electron chi connectivity index (χ3n) is 4.86. The summed E-state index contributed by atoms with van der Waals surface area (Å²) in [5, 5.41) is 6.92. The van der Waals surface area contributed by atoms with Crippen LogP contribution in [0.2, 0.25) is 0 Å². The maximum atomic E-state index is 6.09. The van der Waals surface area contributed by atoms with Gasteiger partial charge >= 0.3 is 0 Å². The maximum absolute atomic E-state index is 6.09. The van der Waals surface area contributed by atoms with Crippen LogP contribution >= 0.6 is 0 Å². The molecule has 1 heterocycles. The van der Waals surface area contributed by atoms with E-state index in [2.05, 4.69) is 46.8 Å². The topological polar surface area (TPSA) is 45.7 Å². The molecule has 126 valence electrons. The molecule has 2 aliphatic rings. The molecule has 0 radical (unpaired) electrons. The zero-order chi connectivity index (χ0) is 16.1. The number of ether oxygens (including phenoxy) is 1. The lowest BCUT2D eigenvalue weighted by Gasteiger charge is -2.32. The van der Waals surface area contributed by atoms with E-state index in [1.165, 1.54) is 30.4 Å². The van der Waals surface area contributed by atoms with Gasteiger partial charge in [0.25, 0.3) is 0 Å². The smallest absolute Gasteiger partial charge is 0.190 e. The Balaban J connectivity index is 1.56. The van der Waals surface area contributed by atoms with Gasteiger partial charge in [-0.25, -0.2) is 0 Å². The highest BCUT2D eigenvalue weighted by Gasteiger charge is 2.27. The van der Waals surface area contributed by atoms with Crippen LogP contribution in [0.15, 0.2) is 29.3 Å². The average molecular weight is 315 g/mol. The minimum absolute atomic E-state index is 0.193. The Bertz CT molecular complexity index is 522. The highest BCUT2D eigenvalue weighted by Crippen LogP contribution is 2.33. The first-order valence-corrected chi connectivity index (χ1v) is 8.89. The molecule has 0 aromatic heterocycles. The fourth-order valence-electron chi connectivity index (χ4n) is 3.19. The van der Waals surface area contributed by atoms with Crippen LogP contribution < -0.4 is 10.6 Å². The number of aryl methyl sites for hydroxylation is 1. The van der Waals surface area contributed by atoms with Gasteiger partial charge in [0.05, 0.1) is 6.10 Å². The summed E-state index contributed by atoms with van der Waals surface area (Å²) >= 11 is 0. The van der Waals surface area contributed by atoms with Crippen LogP contribution in [0.25, 0.3) is 0 Å². The van der Waals surface area contributed by atoms with Gasteiger partial charge in [0, 0.05) is 32.7 Å². The molecular formula is C19H29N3O. The van der Waals surface area contributed by atoms with Gasteiger partial charge in [-0.2, -0.15) is 0 Å². The van der Waals surface area contributed by atoms with Crippen LogP contribution in [-0.2, 0) is 4.74 Å². The van der Waals surface area contributed by atoms with E-state index < -0.39 is 0 Å². The molecule has 2 atom stereocenters. The molecule has 1 saturated carbocycles. The standard InChI is InChI=1S/C19H29N3O/c1-14-5-9-16(10-6-14)18-17(4-3-11-23-18)13-22-19(20-2)21-12-15-7-8-15/h5-6,9-10,15,17-18H,3-4,7-8,11-13H2,1-2H3,(H2,20,21,22). The van der Waals surface area contributed by atoms with Gasteiger partial charge in [0.15, 0.2) is 5.96 Å². The molecule has 1 aliphatic heterocycles. The van der Waals surface area contributed by atoms with Crippen LogP contribution in [0.1, 0.15) is 42.9 Å². The van der Waals surface area contributed by atoms with Crippen molar-refractivity contribution in [2.24, 2.45) is 16.8 Å². The van der Waals surface area contributed by atoms with Gasteiger partial charge in [-0.05, 0) is 44.1 Å². The molecule has 2 unspecified atom stereocenters. The number of aliphatic imine (C=N–C) groups is 1. The summed E-state index contributed by atoms with van der Waals surface area (Å²) in [5.74, 6) is 2.27. The third-order valence-corrected chi connectivity index (χ3v) is 4.86. The van der Waals surface area contributed by atoms with Crippen LogP contribution in [0.5, 0.6) is 0 Å². The van der Waals surface area contributed by atoms with E-state index >= 15 is 0 Å². The van der Waals surface area contributed by atoms with Gasteiger partial charge in [0.1, 0.15) is 0 Å². The molecule has 1 aromatic rings. The summed E-state index contributed by atoms with van der Waals surface area (Å²) in [5.41, 5.74) is 2.59. The lowest BCUT2D eigenvalue weighted by Crippen LogP contribution is -2.42. The number of nitrogens with zero attached hydrogens (tertiary/aromatic N) is 1. The first kappa shape index (κ1) is 16.3. The van der Waals surface area contributed by atoms with E-state index in [0.29, 0.717) is 5.92 Å². The Labute approximate surface area is 139 Å².